The van der Waals surface area contributed by atoms with Crippen LogP contribution < -0.4 is 11.1 Å². The van der Waals surface area contributed by atoms with Crippen LogP contribution in [-0.4, -0.2) is 10.9 Å². The molecule has 1 heterocycles. The first kappa shape index (κ1) is 12.1. The number of nitrogens with zero attached hydrogens (tertiary/aromatic N) is 1. The SMILES string of the molecule is Cc1ccc(C(=O)NCc2cccc(N)c2)cn1. The van der Waals surface area contributed by atoms with Gasteiger partial charge in [0.05, 0.1) is 5.56 Å². The van der Waals surface area contributed by atoms with E-state index in [9.17, 15) is 4.79 Å². The number of nitrogen functional groups attached to an aromatic ring is 1. The van der Waals surface area contributed by atoms with Gasteiger partial charge in [-0.25, -0.2) is 0 Å². The van der Waals surface area contributed by atoms with Crippen molar-refractivity contribution in [2.45, 2.75) is 13.5 Å². The molecule has 1 amide bonds. The van der Waals surface area contributed by atoms with Gasteiger partial charge < -0.3 is 11.1 Å². The molecule has 2 aromatic rings. The lowest BCUT2D eigenvalue weighted by Gasteiger charge is -2.06. The topological polar surface area (TPSA) is 68.0 Å². The number of carbonyl (C=O) groups excluding carboxylic acids is 1. The van der Waals surface area contributed by atoms with Crippen molar-refractivity contribution in [1.29, 1.82) is 0 Å². The molecule has 0 aliphatic rings. The largest absolute Gasteiger partial charge is 0.399 e. The number of carbonyl (C=O) groups is 1. The molecular formula is C14H15N3O. The summed E-state index contributed by atoms with van der Waals surface area (Å²) in [5.74, 6) is -0.134. The van der Waals surface area contributed by atoms with Crippen molar-refractivity contribution in [2.24, 2.45) is 0 Å². The number of pyridine rings is 1. The predicted molar refractivity (Wildman–Crippen MR) is 71.0 cm³/mol. The lowest BCUT2D eigenvalue weighted by molar-refractivity contribution is 0.0950. The molecule has 1 aromatic carbocycles. The van der Waals surface area contributed by atoms with Crippen molar-refractivity contribution < 1.29 is 4.79 Å². The van der Waals surface area contributed by atoms with Gasteiger partial charge in [0, 0.05) is 24.1 Å². The minimum absolute atomic E-state index is 0.134. The van der Waals surface area contributed by atoms with E-state index in [4.69, 9.17) is 5.73 Å². The number of hydrogen-bond donors (Lipinski definition) is 2. The van der Waals surface area contributed by atoms with Crippen molar-refractivity contribution in [3.8, 4) is 0 Å². The molecule has 0 atom stereocenters. The highest BCUT2D eigenvalue weighted by Gasteiger charge is 2.05. The molecule has 0 aliphatic carbocycles. The molecule has 0 unspecified atom stereocenters. The van der Waals surface area contributed by atoms with Crippen LogP contribution in [0.15, 0.2) is 42.6 Å². The summed E-state index contributed by atoms with van der Waals surface area (Å²) in [6.07, 6.45) is 1.57. The van der Waals surface area contributed by atoms with Gasteiger partial charge in [0.15, 0.2) is 0 Å². The van der Waals surface area contributed by atoms with Crippen LogP contribution in [0.2, 0.25) is 0 Å². The number of aromatic nitrogens is 1. The molecule has 0 bridgehead atoms. The molecule has 0 spiro atoms. The zero-order chi connectivity index (χ0) is 13.0. The van der Waals surface area contributed by atoms with Crippen LogP contribution in [0.1, 0.15) is 21.6 Å². The molecular weight excluding hydrogens is 226 g/mol. The summed E-state index contributed by atoms with van der Waals surface area (Å²) in [5, 5.41) is 2.83. The van der Waals surface area contributed by atoms with E-state index in [0.29, 0.717) is 17.8 Å². The van der Waals surface area contributed by atoms with Crippen LogP contribution in [0.4, 0.5) is 5.69 Å². The number of aryl methyl sites for hydroxylation is 1. The molecule has 0 aliphatic heterocycles. The van der Waals surface area contributed by atoms with E-state index in [1.54, 1.807) is 12.3 Å². The molecule has 0 saturated carbocycles. The second-order valence-electron chi connectivity index (χ2n) is 4.12. The predicted octanol–water partition coefficient (Wildman–Crippen LogP) is 1.90. The number of nitrogens with one attached hydrogen (secondary N) is 1. The van der Waals surface area contributed by atoms with Crippen molar-refractivity contribution in [1.82, 2.24) is 10.3 Å². The highest BCUT2D eigenvalue weighted by atomic mass is 16.1. The number of rotatable bonds is 3. The fourth-order valence-electron chi connectivity index (χ4n) is 1.59. The minimum Gasteiger partial charge on any atom is -0.399 e. The first-order valence-electron chi connectivity index (χ1n) is 5.70. The third-order valence-electron chi connectivity index (χ3n) is 2.58. The summed E-state index contributed by atoms with van der Waals surface area (Å²) in [6.45, 7) is 2.34. The number of nitrogens with two attached hydrogens (primary N) is 1. The molecule has 92 valence electrons. The zero-order valence-electron chi connectivity index (χ0n) is 10.2. The standard InChI is InChI=1S/C14H15N3O/c1-10-5-6-12(9-16-10)14(18)17-8-11-3-2-4-13(15)7-11/h2-7,9H,8,15H2,1H3,(H,17,18). The molecule has 0 saturated heterocycles. The Morgan fingerprint density at radius 3 is 2.83 bits per heavy atom. The number of hydrogen-bond acceptors (Lipinski definition) is 3. The van der Waals surface area contributed by atoms with Gasteiger partial charge in [-0.2, -0.15) is 0 Å². The smallest absolute Gasteiger partial charge is 0.253 e. The van der Waals surface area contributed by atoms with E-state index >= 15 is 0 Å². The Labute approximate surface area is 106 Å². The summed E-state index contributed by atoms with van der Waals surface area (Å²) in [7, 11) is 0. The summed E-state index contributed by atoms with van der Waals surface area (Å²) in [4.78, 5) is 15.9. The molecule has 4 nitrogen and oxygen atoms in total. The lowest BCUT2D eigenvalue weighted by Crippen LogP contribution is -2.22. The van der Waals surface area contributed by atoms with Gasteiger partial charge >= 0.3 is 0 Å². The molecule has 2 rings (SSSR count). The molecule has 3 N–H and O–H groups in total. The van der Waals surface area contributed by atoms with Crippen LogP contribution in [0.3, 0.4) is 0 Å². The van der Waals surface area contributed by atoms with E-state index in [-0.39, 0.29) is 5.91 Å². The maximum absolute atomic E-state index is 11.8. The summed E-state index contributed by atoms with van der Waals surface area (Å²) in [6, 6.07) is 11.0. The van der Waals surface area contributed by atoms with Gasteiger partial charge in [0.2, 0.25) is 0 Å². The molecule has 1 aromatic heterocycles. The van der Waals surface area contributed by atoms with Crippen molar-refractivity contribution >= 4 is 11.6 Å². The Balaban J connectivity index is 1.98. The number of anilines is 1. The van der Waals surface area contributed by atoms with Gasteiger partial charge in [-0.05, 0) is 36.8 Å². The quantitative estimate of drug-likeness (QED) is 0.806. The van der Waals surface area contributed by atoms with E-state index in [1.807, 2.05) is 37.3 Å². The van der Waals surface area contributed by atoms with E-state index in [2.05, 4.69) is 10.3 Å². The van der Waals surface area contributed by atoms with E-state index < -0.39 is 0 Å². The van der Waals surface area contributed by atoms with E-state index in [1.165, 1.54) is 0 Å². The number of benzene rings is 1. The summed E-state index contributed by atoms with van der Waals surface area (Å²) in [5.41, 5.74) is 8.79. The Morgan fingerprint density at radius 2 is 2.17 bits per heavy atom. The van der Waals surface area contributed by atoms with Crippen LogP contribution in [0.5, 0.6) is 0 Å². The second-order valence-corrected chi connectivity index (χ2v) is 4.12. The maximum Gasteiger partial charge on any atom is 0.253 e. The molecule has 0 radical (unpaired) electrons. The molecule has 4 heteroatoms. The Hall–Kier alpha value is -2.36. The average Bonchev–Trinajstić information content (AvgIpc) is 2.37. The summed E-state index contributed by atoms with van der Waals surface area (Å²) < 4.78 is 0. The Bertz CT molecular complexity index is 549. The van der Waals surface area contributed by atoms with Gasteiger partial charge in [-0.3, -0.25) is 9.78 Å². The monoisotopic (exact) mass is 241 g/mol. The van der Waals surface area contributed by atoms with Gasteiger partial charge in [0.25, 0.3) is 5.91 Å². The first-order valence-corrected chi connectivity index (χ1v) is 5.70. The van der Waals surface area contributed by atoms with Crippen molar-refractivity contribution in [3.05, 3.63) is 59.4 Å². The fourth-order valence-corrected chi connectivity index (χ4v) is 1.59. The Kier molecular flexibility index (Phi) is 3.57. The van der Waals surface area contributed by atoms with Crippen LogP contribution in [-0.2, 0) is 6.54 Å². The van der Waals surface area contributed by atoms with Crippen LogP contribution in [0, 0.1) is 6.92 Å². The van der Waals surface area contributed by atoms with Gasteiger partial charge in [0.1, 0.15) is 0 Å². The van der Waals surface area contributed by atoms with Crippen LogP contribution in [0.25, 0.3) is 0 Å². The van der Waals surface area contributed by atoms with Crippen molar-refractivity contribution in [2.75, 3.05) is 5.73 Å². The lowest BCUT2D eigenvalue weighted by atomic mass is 10.2. The maximum atomic E-state index is 11.8. The van der Waals surface area contributed by atoms with Crippen molar-refractivity contribution in [3.63, 3.8) is 0 Å². The molecule has 0 fully saturated rings. The normalized spacial score (nSPS) is 10.1. The van der Waals surface area contributed by atoms with Gasteiger partial charge in [-0.15, -0.1) is 0 Å². The third kappa shape index (κ3) is 3.07. The first-order chi connectivity index (χ1) is 8.65. The Morgan fingerprint density at radius 1 is 1.33 bits per heavy atom. The highest BCUT2D eigenvalue weighted by Crippen LogP contribution is 2.06. The zero-order valence-corrected chi connectivity index (χ0v) is 10.2. The van der Waals surface area contributed by atoms with E-state index in [0.717, 1.165) is 11.3 Å². The number of amides is 1. The van der Waals surface area contributed by atoms with Gasteiger partial charge in [-0.1, -0.05) is 12.1 Å². The molecule has 18 heavy (non-hydrogen) atoms. The summed E-state index contributed by atoms with van der Waals surface area (Å²) >= 11 is 0. The van der Waals surface area contributed by atoms with Crippen LogP contribution >= 0.6 is 0 Å². The third-order valence-corrected chi connectivity index (χ3v) is 2.58. The fraction of sp³-hybridized carbons (Fsp3) is 0.143. The average molecular weight is 241 g/mol. The highest BCUT2D eigenvalue weighted by molar-refractivity contribution is 5.93. The minimum atomic E-state index is -0.134. The second kappa shape index (κ2) is 5.31.